The number of carboxylic acids is 2. The number of aromatic nitrogens is 1. The zero-order valence-corrected chi connectivity index (χ0v) is 17.1. The van der Waals surface area contributed by atoms with E-state index in [1.165, 1.54) is 0 Å². The van der Waals surface area contributed by atoms with E-state index in [1.54, 1.807) is 0 Å². The van der Waals surface area contributed by atoms with E-state index >= 15 is 0 Å². The lowest BCUT2D eigenvalue weighted by Gasteiger charge is -2.38. The Kier molecular flexibility index (Phi) is 5.91. The summed E-state index contributed by atoms with van der Waals surface area (Å²) in [6.45, 7) is 6.13. The molecule has 0 bridgehead atoms. The molecule has 0 saturated carbocycles. The highest BCUT2D eigenvalue weighted by Gasteiger charge is 2.34. The van der Waals surface area contributed by atoms with Gasteiger partial charge in [0.15, 0.2) is 0 Å². The zero-order chi connectivity index (χ0) is 19.7. The van der Waals surface area contributed by atoms with Crippen LogP contribution in [0.3, 0.4) is 0 Å². The summed E-state index contributed by atoms with van der Waals surface area (Å²) in [4.78, 5) is 25.3. The highest BCUT2D eigenvalue weighted by molar-refractivity contribution is 9.10. The Morgan fingerprint density at radius 1 is 1.22 bits per heavy atom. The number of benzene rings is 1. The predicted octanol–water partition coefficient (Wildman–Crippen LogP) is 3.98. The molecule has 1 aromatic heterocycles. The SMILES string of the molecule is CC1CC(C)CN(C(C(=O)O)c2cn(CCC(=O)O)c3cc(Br)ccc23)C1. The van der Waals surface area contributed by atoms with Crippen molar-refractivity contribution in [3.8, 4) is 0 Å². The number of piperidine rings is 1. The number of carboxylic acid groups (broad SMARTS) is 2. The quantitative estimate of drug-likeness (QED) is 0.715. The molecule has 1 aliphatic rings. The molecule has 3 unspecified atom stereocenters. The van der Waals surface area contributed by atoms with Crippen molar-refractivity contribution in [2.24, 2.45) is 11.8 Å². The van der Waals surface area contributed by atoms with Crippen LogP contribution in [0.1, 0.15) is 38.3 Å². The van der Waals surface area contributed by atoms with Gasteiger partial charge in [0.05, 0.1) is 6.42 Å². The molecule has 0 aliphatic carbocycles. The monoisotopic (exact) mass is 436 g/mol. The van der Waals surface area contributed by atoms with Gasteiger partial charge in [0.25, 0.3) is 0 Å². The van der Waals surface area contributed by atoms with E-state index < -0.39 is 18.0 Å². The number of aryl methyl sites for hydroxylation is 1. The minimum atomic E-state index is -0.873. The van der Waals surface area contributed by atoms with Crippen LogP contribution >= 0.6 is 15.9 Å². The summed E-state index contributed by atoms with van der Waals surface area (Å²) < 4.78 is 2.74. The van der Waals surface area contributed by atoms with E-state index in [0.717, 1.165) is 40.4 Å². The normalized spacial score (nSPS) is 22.0. The molecule has 6 nitrogen and oxygen atoms in total. The summed E-state index contributed by atoms with van der Waals surface area (Å²) in [5.74, 6) is -0.839. The van der Waals surface area contributed by atoms with Gasteiger partial charge in [0, 0.05) is 46.8 Å². The molecule has 1 saturated heterocycles. The molecular formula is C20H25BrN2O4. The number of rotatable bonds is 6. The van der Waals surface area contributed by atoms with Crippen molar-refractivity contribution in [2.75, 3.05) is 13.1 Å². The van der Waals surface area contributed by atoms with Crippen molar-refractivity contribution in [1.29, 1.82) is 0 Å². The summed E-state index contributed by atoms with van der Waals surface area (Å²) in [5, 5.41) is 19.9. The van der Waals surface area contributed by atoms with Crippen molar-refractivity contribution < 1.29 is 19.8 Å². The average molecular weight is 437 g/mol. The van der Waals surface area contributed by atoms with Crippen molar-refractivity contribution in [2.45, 2.75) is 39.3 Å². The maximum Gasteiger partial charge on any atom is 0.325 e. The number of likely N-dealkylation sites (tertiary alicyclic amines) is 1. The molecule has 0 spiro atoms. The molecule has 2 N–H and O–H groups in total. The first kappa shape index (κ1) is 19.9. The van der Waals surface area contributed by atoms with Gasteiger partial charge >= 0.3 is 11.9 Å². The van der Waals surface area contributed by atoms with Gasteiger partial charge in [-0.2, -0.15) is 0 Å². The van der Waals surface area contributed by atoms with Crippen LogP contribution in [-0.2, 0) is 16.1 Å². The second-order valence-corrected chi connectivity index (χ2v) is 8.64. The molecule has 3 atom stereocenters. The number of hydrogen-bond acceptors (Lipinski definition) is 3. The van der Waals surface area contributed by atoms with Gasteiger partial charge in [-0.1, -0.05) is 35.8 Å². The van der Waals surface area contributed by atoms with Crippen molar-refractivity contribution >= 4 is 38.8 Å². The fourth-order valence-corrected chi connectivity index (χ4v) is 4.67. The molecule has 0 amide bonds. The first-order valence-corrected chi connectivity index (χ1v) is 10.0. The Morgan fingerprint density at radius 2 is 1.89 bits per heavy atom. The summed E-state index contributed by atoms with van der Waals surface area (Å²) in [6, 6.07) is 5.00. The van der Waals surface area contributed by atoms with Crippen LogP contribution in [0.25, 0.3) is 10.9 Å². The van der Waals surface area contributed by atoms with Crippen LogP contribution in [0.5, 0.6) is 0 Å². The van der Waals surface area contributed by atoms with Gasteiger partial charge in [-0.15, -0.1) is 0 Å². The zero-order valence-electron chi connectivity index (χ0n) is 15.6. The van der Waals surface area contributed by atoms with Crippen LogP contribution in [-0.4, -0.2) is 44.7 Å². The van der Waals surface area contributed by atoms with Gasteiger partial charge in [0.2, 0.25) is 0 Å². The maximum absolute atomic E-state index is 12.2. The highest BCUT2D eigenvalue weighted by atomic mass is 79.9. The van der Waals surface area contributed by atoms with E-state index in [2.05, 4.69) is 34.7 Å². The second-order valence-electron chi connectivity index (χ2n) is 7.72. The number of fused-ring (bicyclic) bond motifs is 1. The van der Waals surface area contributed by atoms with Crippen LogP contribution in [0.15, 0.2) is 28.9 Å². The van der Waals surface area contributed by atoms with Crippen LogP contribution in [0.4, 0.5) is 0 Å². The average Bonchev–Trinajstić information content (AvgIpc) is 2.89. The molecule has 1 aromatic carbocycles. The summed E-state index contributed by atoms with van der Waals surface area (Å²) in [6.07, 6.45) is 2.92. The second kappa shape index (κ2) is 8.02. The van der Waals surface area contributed by atoms with Gasteiger partial charge in [-0.3, -0.25) is 14.5 Å². The standard InChI is InChI=1S/C20H25BrN2O4/c1-12-7-13(2)10-23(9-12)19(20(26)27)16-11-22(6-5-18(24)25)17-8-14(21)3-4-15(16)17/h3-4,8,11-13,19H,5-7,9-10H2,1-2H3,(H,24,25)(H,26,27). The third-order valence-electron chi connectivity index (χ3n) is 5.23. The Labute approximate surface area is 166 Å². The topological polar surface area (TPSA) is 82.8 Å². The smallest absolute Gasteiger partial charge is 0.325 e. The lowest BCUT2D eigenvalue weighted by atomic mass is 9.89. The van der Waals surface area contributed by atoms with E-state index in [9.17, 15) is 14.7 Å². The lowest BCUT2D eigenvalue weighted by Crippen LogP contribution is -2.43. The lowest BCUT2D eigenvalue weighted by molar-refractivity contribution is -0.144. The first-order valence-electron chi connectivity index (χ1n) is 9.23. The molecule has 0 radical (unpaired) electrons. The van der Waals surface area contributed by atoms with Gasteiger partial charge < -0.3 is 14.8 Å². The fraction of sp³-hybridized carbons (Fsp3) is 0.500. The van der Waals surface area contributed by atoms with E-state index in [0.29, 0.717) is 18.4 Å². The molecule has 7 heteroatoms. The largest absolute Gasteiger partial charge is 0.481 e. The van der Waals surface area contributed by atoms with Crippen molar-refractivity contribution in [1.82, 2.24) is 9.47 Å². The third-order valence-corrected chi connectivity index (χ3v) is 5.73. The molecule has 146 valence electrons. The Bertz CT molecular complexity index is 853. The fourth-order valence-electron chi connectivity index (χ4n) is 4.32. The van der Waals surface area contributed by atoms with E-state index in [4.69, 9.17) is 5.11 Å². The van der Waals surface area contributed by atoms with Crippen LogP contribution in [0, 0.1) is 11.8 Å². The molecule has 2 heterocycles. The van der Waals surface area contributed by atoms with Crippen molar-refractivity contribution in [3.63, 3.8) is 0 Å². The number of carbonyl (C=O) groups is 2. The molecule has 1 aliphatic heterocycles. The molecule has 27 heavy (non-hydrogen) atoms. The minimum absolute atomic E-state index is 0.00868. The predicted molar refractivity (Wildman–Crippen MR) is 107 cm³/mol. The Hall–Kier alpha value is -1.86. The number of nitrogens with zero attached hydrogens (tertiary/aromatic N) is 2. The number of aliphatic carboxylic acids is 2. The van der Waals surface area contributed by atoms with Crippen LogP contribution in [0.2, 0.25) is 0 Å². The Balaban J connectivity index is 2.06. The molecule has 2 aromatic rings. The van der Waals surface area contributed by atoms with E-state index in [-0.39, 0.29) is 6.42 Å². The van der Waals surface area contributed by atoms with Gasteiger partial charge in [0.1, 0.15) is 6.04 Å². The molecule has 3 rings (SSSR count). The molecular weight excluding hydrogens is 412 g/mol. The third kappa shape index (κ3) is 4.35. The minimum Gasteiger partial charge on any atom is -0.481 e. The van der Waals surface area contributed by atoms with E-state index in [1.807, 2.05) is 29.0 Å². The summed E-state index contributed by atoms with van der Waals surface area (Å²) in [5.41, 5.74) is 1.58. The highest BCUT2D eigenvalue weighted by Crippen LogP contribution is 2.35. The number of halogens is 1. The van der Waals surface area contributed by atoms with Gasteiger partial charge in [-0.05, 0) is 30.4 Å². The molecule has 1 fully saturated rings. The van der Waals surface area contributed by atoms with Gasteiger partial charge in [-0.25, -0.2) is 0 Å². The summed E-state index contributed by atoms with van der Waals surface area (Å²) >= 11 is 3.46. The van der Waals surface area contributed by atoms with Crippen LogP contribution < -0.4 is 0 Å². The summed E-state index contributed by atoms with van der Waals surface area (Å²) in [7, 11) is 0. The number of hydrogen-bond donors (Lipinski definition) is 2. The first-order chi connectivity index (χ1) is 12.8. The maximum atomic E-state index is 12.2. The van der Waals surface area contributed by atoms with Crippen molar-refractivity contribution in [3.05, 3.63) is 34.4 Å². The Morgan fingerprint density at radius 3 is 2.48 bits per heavy atom.